The third-order valence-electron chi connectivity index (χ3n) is 5.45. The van der Waals surface area contributed by atoms with Gasteiger partial charge in [0.2, 0.25) is 0 Å². The molecule has 0 fully saturated rings. The lowest BCUT2D eigenvalue weighted by atomic mass is 10.0. The van der Waals surface area contributed by atoms with E-state index in [1.807, 2.05) is 55.6 Å². The summed E-state index contributed by atoms with van der Waals surface area (Å²) in [4.78, 5) is 15.6. The number of amides is 1. The predicted molar refractivity (Wildman–Crippen MR) is 130 cm³/mol. The van der Waals surface area contributed by atoms with E-state index in [2.05, 4.69) is 22.3 Å². The normalized spacial score (nSPS) is 12.4. The Kier molecular flexibility index (Phi) is 8.25. The van der Waals surface area contributed by atoms with Crippen molar-refractivity contribution >= 4 is 15.7 Å². The summed E-state index contributed by atoms with van der Waals surface area (Å²) in [6, 6.07) is 23.9. The van der Waals surface area contributed by atoms with Crippen molar-refractivity contribution in [2.75, 3.05) is 26.5 Å². The molecule has 7 heteroatoms. The molecule has 0 radical (unpaired) electrons. The van der Waals surface area contributed by atoms with Crippen LogP contribution in [0.4, 0.5) is 0 Å². The van der Waals surface area contributed by atoms with Gasteiger partial charge in [-0.05, 0) is 36.4 Å². The zero-order valence-electron chi connectivity index (χ0n) is 19.2. The molecular weight excluding hydrogens is 436 g/mol. The molecule has 1 N–H and O–H groups in total. The standard InChI is InChI=1S/C26H30N2O4S/c1-4-33(30,31)22-15-16-25(32-3)23(17-22)26(29)27-24(21-13-9-6-10-14-21)19-28(2)18-20-11-7-5-8-12-20/h5-17,24H,4,18-19H2,1-3H3,(H,27,29). The van der Waals surface area contributed by atoms with Crippen molar-refractivity contribution in [1.82, 2.24) is 10.2 Å². The second kappa shape index (κ2) is 11.1. The van der Waals surface area contributed by atoms with Crippen molar-refractivity contribution in [1.29, 1.82) is 0 Å². The van der Waals surface area contributed by atoms with Gasteiger partial charge >= 0.3 is 0 Å². The van der Waals surface area contributed by atoms with Crippen LogP contribution in [0, 0.1) is 0 Å². The molecule has 33 heavy (non-hydrogen) atoms. The van der Waals surface area contributed by atoms with Crippen LogP contribution in [0.5, 0.6) is 5.75 Å². The minimum absolute atomic E-state index is 0.0443. The number of benzene rings is 3. The molecule has 0 saturated heterocycles. The smallest absolute Gasteiger partial charge is 0.255 e. The van der Waals surface area contributed by atoms with Gasteiger partial charge in [0.15, 0.2) is 9.84 Å². The maximum absolute atomic E-state index is 13.3. The molecular formula is C26H30N2O4S. The number of carbonyl (C=O) groups excluding carboxylic acids is 1. The van der Waals surface area contributed by atoms with E-state index in [1.165, 1.54) is 30.9 Å². The van der Waals surface area contributed by atoms with Crippen molar-refractivity contribution in [3.8, 4) is 5.75 Å². The third kappa shape index (κ3) is 6.43. The lowest BCUT2D eigenvalue weighted by molar-refractivity contribution is 0.0923. The topological polar surface area (TPSA) is 75.7 Å². The number of nitrogens with zero attached hydrogens (tertiary/aromatic N) is 1. The molecule has 0 bridgehead atoms. The summed E-state index contributed by atoms with van der Waals surface area (Å²) in [5.41, 5.74) is 2.33. The number of sulfone groups is 1. The Bertz CT molecular complexity index is 1170. The van der Waals surface area contributed by atoms with Gasteiger partial charge in [-0.25, -0.2) is 8.42 Å². The molecule has 6 nitrogen and oxygen atoms in total. The van der Waals surface area contributed by atoms with Gasteiger partial charge < -0.3 is 10.1 Å². The summed E-state index contributed by atoms with van der Waals surface area (Å²) in [5.74, 6) is -0.105. The fourth-order valence-corrected chi connectivity index (χ4v) is 4.56. The lowest BCUT2D eigenvalue weighted by Crippen LogP contribution is -2.36. The summed E-state index contributed by atoms with van der Waals surface area (Å²) in [5, 5.41) is 3.08. The number of nitrogens with one attached hydrogen (secondary N) is 1. The van der Waals surface area contributed by atoms with Crippen molar-refractivity contribution in [2.45, 2.75) is 24.4 Å². The van der Waals surface area contributed by atoms with Crippen LogP contribution >= 0.6 is 0 Å². The SMILES string of the molecule is CCS(=O)(=O)c1ccc(OC)c(C(=O)NC(CN(C)Cc2ccccc2)c2ccccc2)c1. The van der Waals surface area contributed by atoms with Gasteiger partial charge in [0, 0.05) is 13.1 Å². The summed E-state index contributed by atoms with van der Waals surface area (Å²) in [6.07, 6.45) is 0. The van der Waals surface area contributed by atoms with Gasteiger partial charge in [-0.3, -0.25) is 9.69 Å². The first-order valence-corrected chi connectivity index (χ1v) is 12.5. The van der Waals surface area contributed by atoms with E-state index < -0.39 is 9.84 Å². The lowest BCUT2D eigenvalue weighted by Gasteiger charge is -2.26. The third-order valence-corrected chi connectivity index (χ3v) is 7.18. The van der Waals surface area contributed by atoms with E-state index in [-0.39, 0.29) is 28.2 Å². The van der Waals surface area contributed by atoms with Crippen LogP contribution < -0.4 is 10.1 Å². The largest absolute Gasteiger partial charge is 0.496 e. The van der Waals surface area contributed by atoms with Crippen molar-refractivity contribution in [3.63, 3.8) is 0 Å². The number of likely N-dealkylation sites (N-methyl/N-ethyl adjacent to an activating group) is 1. The van der Waals surface area contributed by atoms with Crippen molar-refractivity contribution in [2.24, 2.45) is 0 Å². The predicted octanol–water partition coefficient (Wildman–Crippen LogP) is 4.09. The van der Waals surface area contributed by atoms with E-state index in [0.717, 1.165) is 12.1 Å². The number of carbonyl (C=O) groups is 1. The molecule has 1 atom stereocenters. The summed E-state index contributed by atoms with van der Waals surface area (Å²) >= 11 is 0. The highest BCUT2D eigenvalue weighted by molar-refractivity contribution is 7.91. The molecule has 3 aromatic carbocycles. The molecule has 0 aromatic heterocycles. The molecule has 0 aliphatic rings. The van der Waals surface area contributed by atoms with E-state index in [1.54, 1.807) is 6.92 Å². The van der Waals surface area contributed by atoms with Crippen LogP contribution in [-0.2, 0) is 16.4 Å². The maximum atomic E-state index is 13.3. The van der Waals surface area contributed by atoms with Crippen molar-refractivity contribution in [3.05, 3.63) is 95.6 Å². The molecule has 0 heterocycles. The Labute approximate surface area is 196 Å². The van der Waals surface area contributed by atoms with Gasteiger partial charge in [-0.15, -0.1) is 0 Å². The molecule has 174 valence electrons. The molecule has 0 spiro atoms. The number of methoxy groups -OCH3 is 1. The molecule has 0 aliphatic carbocycles. The first-order valence-electron chi connectivity index (χ1n) is 10.8. The van der Waals surface area contributed by atoms with Crippen LogP contribution in [0.3, 0.4) is 0 Å². The molecule has 0 saturated carbocycles. The van der Waals surface area contributed by atoms with Gasteiger partial charge in [-0.2, -0.15) is 0 Å². The first-order chi connectivity index (χ1) is 15.8. The number of rotatable bonds is 10. The van der Waals surface area contributed by atoms with E-state index in [9.17, 15) is 13.2 Å². The van der Waals surface area contributed by atoms with Gasteiger partial charge in [-0.1, -0.05) is 67.6 Å². The number of ether oxygens (including phenoxy) is 1. The Balaban J connectivity index is 1.87. The Morgan fingerprint density at radius 2 is 1.64 bits per heavy atom. The van der Waals surface area contributed by atoms with Gasteiger partial charge in [0.25, 0.3) is 5.91 Å². The van der Waals surface area contributed by atoms with Crippen LogP contribution in [0.1, 0.15) is 34.5 Å². The summed E-state index contributed by atoms with van der Waals surface area (Å²) in [6.45, 7) is 2.88. The minimum atomic E-state index is -3.46. The quantitative estimate of drug-likeness (QED) is 0.487. The fraction of sp³-hybridized carbons (Fsp3) is 0.269. The second-order valence-corrected chi connectivity index (χ2v) is 10.2. The van der Waals surface area contributed by atoms with Gasteiger partial charge in [0.05, 0.1) is 29.4 Å². The van der Waals surface area contributed by atoms with E-state index in [4.69, 9.17) is 4.74 Å². The number of hydrogen-bond donors (Lipinski definition) is 1. The molecule has 1 unspecified atom stereocenters. The Morgan fingerprint density at radius 3 is 2.24 bits per heavy atom. The Hall–Kier alpha value is -3.16. The summed E-state index contributed by atoms with van der Waals surface area (Å²) < 4.78 is 30.1. The average molecular weight is 467 g/mol. The molecule has 3 aromatic rings. The first kappa shape index (κ1) is 24.5. The average Bonchev–Trinajstić information content (AvgIpc) is 2.84. The van der Waals surface area contributed by atoms with Crippen LogP contribution in [0.2, 0.25) is 0 Å². The van der Waals surface area contributed by atoms with Crippen LogP contribution in [0.15, 0.2) is 83.8 Å². The van der Waals surface area contributed by atoms with Crippen LogP contribution in [0.25, 0.3) is 0 Å². The summed E-state index contributed by atoms with van der Waals surface area (Å²) in [7, 11) is 0.00763. The highest BCUT2D eigenvalue weighted by Gasteiger charge is 2.22. The van der Waals surface area contributed by atoms with Crippen LogP contribution in [-0.4, -0.2) is 45.7 Å². The van der Waals surface area contributed by atoms with Gasteiger partial charge in [0.1, 0.15) is 5.75 Å². The van der Waals surface area contributed by atoms with Crippen molar-refractivity contribution < 1.29 is 17.9 Å². The maximum Gasteiger partial charge on any atom is 0.255 e. The van der Waals surface area contributed by atoms with E-state index in [0.29, 0.717) is 12.3 Å². The Morgan fingerprint density at radius 1 is 1.00 bits per heavy atom. The molecule has 3 rings (SSSR count). The fourth-order valence-electron chi connectivity index (χ4n) is 3.65. The van der Waals surface area contributed by atoms with E-state index >= 15 is 0 Å². The highest BCUT2D eigenvalue weighted by atomic mass is 32.2. The minimum Gasteiger partial charge on any atom is -0.496 e. The monoisotopic (exact) mass is 466 g/mol. The molecule has 1 amide bonds. The number of hydrogen-bond acceptors (Lipinski definition) is 5. The molecule has 0 aliphatic heterocycles. The second-order valence-electron chi connectivity index (χ2n) is 7.88. The zero-order valence-corrected chi connectivity index (χ0v) is 20.0. The highest BCUT2D eigenvalue weighted by Crippen LogP contribution is 2.25. The zero-order chi connectivity index (χ0) is 23.8.